The van der Waals surface area contributed by atoms with Crippen LogP contribution in [0.15, 0.2) is 48.5 Å². The first-order chi connectivity index (χ1) is 9.76. The van der Waals surface area contributed by atoms with E-state index >= 15 is 0 Å². The van der Waals surface area contributed by atoms with E-state index < -0.39 is 0 Å². The first-order valence-corrected chi connectivity index (χ1v) is 6.69. The van der Waals surface area contributed by atoms with Crippen LogP contribution in [0.1, 0.15) is 11.1 Å². The predicted octanol–water partition coefficient (Wildman–Crippen LogP) is 3.02. The van der Waals surface area contributed by atoms with E-state index in [4.69, 9.17) is 9.47 Å². The van der Waals surface area contributed by atoms with Crippen LogP contribution in [0.3, 0.4) is 0 Å². The zero-order valence-corrected chi connectivity index (χ0v) is 11.3. The molecule has 2 aromatic carbocycles. The molecule has 0 saturated carbocycles. The molecule has 0 unspecified atom stereocenters. The molecule has 0 heterocycles. The summed E-state index contributed by atoms with van der Waals surface area (Å²) in [5.74, 6) is 1.07. The highest BCUT2D eigenvalue weighted by atomic mass is 16.5. The molecule has 0 spiro atoms. The molecular weight excluding hydrogens is 252 g/mol. The minimum absolute atomic E-state index is 0.0745. The van der Waals surface area contributed by atoms with Gasteiger partial charge in [-0.25, -0.2) is 0 Å². The smallest absolute Gasteiger partial charge is 0.315 e. The van der Waals surface area contributed by atoms with E-state index in [-0.39, 0.29) is 11.9 Å². The second-order valence-electron chi connectivity index (χ2n) is 4.97. The van der Waals surface area contributed by atoms with Crippen molar-refractivity contribution in [3.63, 3.8) is 0 Å². The van der Waals surface area contributed by atoms with Crippen LogP contribution in [0.4, 0.5) is 0 Å². The van der Waals surface area contributed by atoms with Crippen molar-refractivity contribution in [2.75, 3.05) is 7.11 Å². The van der Waals surface area contributed by atoms with Crippen molar-refractivity contribution in [3.05, 3.63) is 59.7 Å². The van der Waals surface area contributed by atoms with Crippen molar-refractivity contribution < 1.29 is 14.3 Å². The summed E-state index contributed by atoms with van der Waals surface area (Å²) in [6, 6.07) is 15.2. The average Bonchev–Trinajstić information content (AvgIpc) is 2.92. The van der Waals surface area contributed by atoms with Crippen LogP contribution < -0.4 is 9.47 Å². The number of ether oxygens (including phenoxy) is 2. The summed E-state index contributed by atoms with van der Waals surface area (Å²) in [7, 11) is 1.61. The van der Waals surface area contributed by atoms with Gasteiger partial charge >= 0.3 is 5.97 Å². The molecule has 3 rings (SSSR count). The van der Waals surface area contributed by atoms with Gasteiger partial charge in [-0.3, -0.25) is 4.79 Å². The van der Waals surface area contributed by atoms with E-state index in [2.05, 4.69) is 12.1 Å². The lowest BCUT2D eigenvalue weighted by Gasteiger charge is -2.09. The molecule has 20 heavy (non-hydrogen) atoms. The molecule has 0 fully saturated rings. The summed E-state index contributed by atoms with van der Waals surface area (Å²) in [5.41, 5.74) is 2.51. The Morgan fingerprint density at radius 2 is 1.50 bits per heavy atom. The molecule has 0 radical (unpaired) electrons. The maximum atomic E-state index is 12.2. The van der Waals surface area contributed by atoms with E-state index in [1.54, 1.807) is 31.4 Å². The molecule has 1 aliphatic carbocycles. The first-order valence-electron chi connectivity index (χ1n) is 6.69. The second kappa shape index (κ2) is 5.37. The summed E-state index contributed by atoms with van der Waals surface area (Å²) in [5, 5.41) is 0. The van der Waals surface area contributed by atoms with Gasteiger partial charge in [-0.2, -0.15) is 0 Å². The Morgan fingerprint density at radius 3 is 2.05 bits per heavy atom. The van der Waals surface area contributed by atoms with Crippen LogP contribution in [-0.4, -0.2) is 13.1 Å². The van der Waals surface area contributed by atoms with Crippen LogP contribution in [0.2, 0.25) is 0 Å². The van der Waals surface area contributed by atoms with Crippen LogP contribution >= 0.6 is 0 Å². The third-order valence-electron chi connectivity index (χ3n) is 3.66. The highest BCUT2D eigenvalue weighted by Gasteiger charge is 2.28. The normalized spacial score (nSPS) is 13.8. The maximum Gasteiger partial charge on any atom is 0.315 e. The van der Waals surface area contributed by atoms with Crippen LogP contribution in [0.5, 0.6) is 11.5 Å². The number of hydrogen-bond donors (Lipinski definition) is 0. The van der Waals surface area contributed by atoms with Crippen molar-refractivity contribution in [2.45, 2.75) is 12.8 Å². The molecule has 0 atom stereocenters. The van der Waals surface area contributed by atoms with Gasteiger partial charge in [-0.05, 0) is 48.2 Å². The van der Waals surface area contributed by atoms with Gasteiger partial charge in [0.2, 0.25) is 0 Å². The molecule has 3 heteroatoms. The highest BCUT2D eigenvalue weighted by molar-refractivity contribution is 5.77. The zero-order chi connectivity index (χ0) is 13.9. The molecule has 102 valence electrons. The van der Waals surface area contributed by atoms with Crippen LogP contribution in [0, 0.1) is 5.92 Å². The molecule has 0 N–H and O–H groups in total. The van der Waals surface area contributed by atoms with Crippen LogP contribution in [0.25, 0.3) is 0 Å². The van der Waals surface area contributed by atoms with Gasteiger partial charge in [-0.15, -0.1) is 0 Å². The summed E-state index contributed by atoms with van der Waals surface area (Å²) in [6.07, 6.45) is 1.54. The van der Waals surface area contributed by atoms with Crippen LogP contribution in [-0.2, 0) is 17.6 Å². The lowest BCUT2D eigenvalue weighted by molar-refractivity contribution is -0.138. The van der Waals surface area contributed by atoms with Crippen molar-refractivity contribution >= 4 is 5.97 Å². The lowest BCUT2D eigenvalue weighted by atomic mass is 10.1. The molecule has 2 aromatic rings. The van der Waals surface area contributed by atoms with E-state index in [9.17, 15) is 4.79 Å². The highest BCUT2D eigenvalue weighted by Crippen LogP contribution is 2.28. The molecule has 0 bridgehead atoms. The fourth-order valence-electron chi connectivity index (χ4n) is 2.57. The summed E-state index contributed by atoms with van der Waals surface area (Å²) in [6.45, 7) is 0. The monoisotopic (exact) mass is 268 g/mol. The molecular formula is C17H16O3. The Balaban J connectivity index is 1.66. The van der Waals surface area contributed by atoms with E-state index in [0.717, 1.165) is 18.6 Å². The van der Waals surface area contributed by atoms with Gasteiger partial charge in [0.05, 0.1) is 13.0 Å². The van der Waals surface area contributed by atoms with E-state index in [1.807, 2.05) is 12.1 Å². The fraction of sp³-hybridized carbons (Fsp3) is 0.235. The van der Waals surface area contributed by atoms with Crippen molar-refractivity contribution in [3.8, 4) is 11.5 Å². The van der Waals surface area contributed by atoms with E-state index in [1.165, 1.54) is 11.1 Å². The molecule has 0 aliphatic heterocycles. The summed E-state index contributed by atoms with van der Waals surface area (Å²) in [4.78, 5) is 12.2. The van der Waals surface area contributed by atoms with Gasteiger partial charge in [0.1, 0.15) is 11.5 Å². The SMILES string of the molecule is COc1ccc(OC(=O)C2Cc3ccccc3C2)cc1. The second-order valence-corrected chi connectivity index (χ2v) is 4.97. The standard InChI is InChI=1S/C17H16O3/c1-19-15-6-8-16(9-7-15)20-17(18)14-10-12-4-2-3-5-13(12)11-14/h2-9,14H,10-11H2,1H3. The number of methoxy groups -OCH3 is 1. The predicted molar refractivity (Wildman–Crippen MR) is 76.0 cm³/mol. The van der Waals surface area contributed by atoms with Crippen molar-refractivity contribution in [2.24, 2.45) is 5.92 Å². The number of fused-ring (bicyclic) bond motifs is 1. The number of rotatable bonds is 3. The average molecular weight is 268 g/mol. The van der Waals surface area contributed by atoms with Gasteiger partial charge in [0, 0.05) is 0 Å². The van der Waals surface area contributed by atoms with Crippen molar-refractivity contribution in [1.82, 2.24) is 0 Å². The first kappa shape index (κ1) is 12.7. The summed E-state index contributed by atoms with van der Waals surface area (Å²) < 4.78 is 10.5. The largest absolute Gasteiger partial charge is 0.497 e. The number of carbonyl (C=O) groups excluding carboxylic acids is 1. The molecule has 1 aliphatic rings. The van der Waals surface area contributed by atoms with Gasteiger partial charge < -0.3 is 9.47 Å². The Labute approximate surface area is 118 Å². The minimum Gasteiger partial charge on any atom is -0.497 e. The number of esters is 1. The minimum atomic E-state index is -0.161. The number of carbonyl (C=O) groups is 1. The molecule has 3 nitrogen and oxygen atoms in total. The lowest BCUT2D eigenvalue weighted by Crippen LogP contribution is -2.20. The maximum absolute atomic E-state index is 12.2. The van der Waals surface area contributed by atoms with Crippen molar-refractivity contribution in [1.29, 1.82) is 0 Å². The molecule has 0 saturated heterocycles. The third kappa shape index (κ3) is 2.52. The number of hydrogen-bond acceptors (Lipinski definition) is 3. The zero-order valence-electron chi connectivity index (χ0n) is 11.3. The Hall–Kier alpha value is -2.29. The van der Waals surface area contributed by atoms with Gasteiger partial charge in [0.15, 0.2) is 0 Å². The topological polar surface area (TPSA) is 35.5 Å². The Kier molecular flexibility index (Phi) is 3.42. The molecule has 0 amide bonds. The van der Waals surface area contributed by atoms with Gasteiger partial charge in [-0.1, -0.05) is 24.3 Å². The fourth-order valence-corrected chi connectivity index (χ4v) is 2.57. The van der Waals surface area contributed by atoms with Gasteiger partial charge in [0.25, 0.3) is 0 Å². The third-order valence-corrected chi connectivity index (χ3v) is 3.66. The Morgan fingerprint density at radius 1 is 0.950 bits per heavy atom. The quantitative estimate of drug-likeness (QED) is 0.634. The molecule has 0 aromatic heterocycles. The van der Waals surface area contributed by atoms with E-state index in [0.29, 0.717) is 5.75 Å². The summed E-state index contributed by atoms with van der Waals surface area (Å²) >= 11 is 0. The Bertz CT molecular complexity index is 591. The number of benzene rings is 2.